The number of rotatable bonds is 13. The highest BCUT2D eigenvalue weighted by molar-refractivity contribution is 5.99. The summed E-state index contributed by atoms with van der Waals surface area (Å²) in [5.74, 6) is -8.93. The molecule has 0 unspecified atom stereocenters. The van der Waals surface area contributed by atoms with Gasteiger partial charge in [-0.2, -0.15) is 0 Å². The molecule has 70 heavy (non-hydrogen) atoms. The van der Waals surface area contributed by atoms with Crippen molar-refractivity contribution in [3.63, 3.8) is 0 Å². The van der Waals surface area contributed by atoms with Crippen LogP contribution in [0.3, 0.4) is 0 Å². The van der Waals surface area contributed by atoms with Crippen LogP contribution in [0.4, 0.5) is 9.59 Å². The molecule has 0 radical (unpaired) electrons. The quantitative estimate of drug-likeness (QED) is 0.0604. The normalized spacial score (nSPS) is 25.2. The molecule has 28 heteroatoms. The zero-order valence-electron chi connectivity index (χ0n) is 40.0. The number of amides is 11. The number of aliphatic hydroxyl groups excluding tert-OH is 2. The molecular formula is C42H73N13O15. The summed E-state index contributed by atoms with van der Waals surface area (Å²) < 4.78 is 10.1. The predicted octanol–water partition coefficient (Wildman–Crippen LogP) is -5.64. The van der Waals surface area contributed by atoms with Crippen molar-refractivity contribution in [3.05, 3.63) is 12.2 Å². The number of hydrogen-bond acceptors (Lipinski definition) is 17. The topological polar surface area (TPSA) is 459 Å². The van der Waals surface area contributed by atoms with Crippen LogP contribution in [0.2, 0.25) is 0 Å². The van der Waals surface area contributed by atoms with Gasteiger partial charge in [-0.05, 0) is 97.8 Å². The second kappa shape index (κ2) is 33.0. The van der Waals surface area contributed by atoms with Crippen LogP contribution in [0.15, 0.2) is 12.2 Å². The van der Waals surface area contributed by atoms with Crippen LogP contribution in [0.25, 0.3) is 0 Å². The molecule has 19 N–H and O–H groups in total. The summed E-state index contributed by atoms with van der Waals surface area (Å²) >= 11 is 0. The van der Waals surface area contributed by atoms with Crippen molar-refractivity contribution in [2.24, 2.45) is 22.9 Å². The van der Waals surface area contributed by atoms with Crippen LogP contribution in [0.5, 0.6) is 0 Å². The smallest absolute Gasteiger partial charge is 0.407 e. The molecule has 10 atom stereocenters. The largest absolute Gasteiger partial charge is 0.445 e. The Morgan fingerprint density at radius 1 is 0.714 bits per heavy atom. The van der Waals surface area contributed by atoms with Crippen LogP contribution < -0.4 is 70.8 Å². The van der Waals surface area contributed by atoms with E-state index in [1.165, 1.54) is 26.0 Å². The number of carbonyl (C=O) groups is 11. The van der Waals surface area contributed by atoms with Crippen LogP contribution >= 0.6 is 0 Å². The summed E-state index contributed by atoms with van der Waals surface area (Å²) in [5.41, 5.74) is 22.3. The van der Waals surface area contributed by atoms with Crippen molar-refractivity contribution in [2.75, 3.05) is 32.8 Å². The predicted molar refractivity (Wildman–Crippen MR) is 248 cm³/mol. The molecule has 1 aliphatic rings. The van der Waals surface area contributed by atoms with Crippen LogP contribution in [0, 0.1) is 0 Å². The summed E-state index contributed by atoms with van der Waals surface area (Å²) in [5, 5.41) is 42.6. The summed E-state index contributed by atoms with van der Waals surface area (Å²) in [4.78, 5) is 142. The molecule has 0 saturated carbocycles. The first-order chi connectivity index (χ1) is 33.0. The van der Waals surface area contributed by atoms with E-state index in [-0.39, 0.29) is 71.2 Å². The Balaban J connectivity index is 3.48. The lowest BCUT2D eigenvalue weighted by molar-refractivity contribution is -0.138. The van der Waals surface area contributed by atoms with Crippen LogP contribution in [-0.2, 0) is 52.6 Å². The molecule has 0 aromatic heterocycles. The van der Waals surface area contributed by atoms with Gasteiger partial charge < -0.3 is 90.5 Å². The molecule has 0 bridgehead atoms. The van der Waals surface area contributed by atoms with Gasteiger partial charge in [0.2, 0.25) is 53.2 Å². The van der Waals surface area contributed by atoms with Crippen LogP contribution in [-0.4, -0.2) is 169 Å². The van der Waals surface area contributed by atoms with Gasteiger partial charge in [0.25, 0.3) is 0 Å². The van der Waals surface area contributed by atoms with Gasteiger partial charge in [0.05, 0.1) is 24.7 Å². The van der Waals surface area contributed by atoms with E-state index in [2.05, 4.69) is 47.9 Å². The average molecular weight is 1000 g/mol. The van der Waals surface area contributed by atoms with Gasteiger partial charge in [-0.25, -0.2) is 9.59 Å². The van der Waals surface area contributed by atoms with Gasteiger partial charge in [-0.15, -0.1) is 0 Å². The van der Waals surface area contributed by atoms with Crippen molar-refractivity contribution in [1.29, 1.82) is 0 Å². The minimum absolute atomic E-state index is 0.0621. The van der Waals surface area contributed by atoms with Crippen molar-refractivity contribution in [2.45, 2.75) is 152 Å². The number of unbranched alkanes of at least 4 members (excludes halogenated alkanes) is 1. The maximum absolute atomic E-state index is 13.7. The summed E-state index contributed by atoms with van der Waals surface area (Å²) in [7, 11) is 0. The number of carbonyl (C=O) groups excluding carboxylic acids is 11. The lowest BCUT2D eigenvalue weighted by atomic mass is 10.0. The molecule has 28 nitrogen and oxygen atoms in total. The van der Waals surface area contributed by atoms with Crippen molar-refractivity contribution in [3.8, 4) is 0 Å². The lowest BCUT2D eigenvalue weighted by Crippen LogP contribution is -2.62. The maximum Gasteiger partial charge on any atom is 0.407 e. The summed E-state index contributed by atoms with van der Waals surface area (Å²) in [6, 6.07) is -11.8. The third-order valence-corrected chi connectivity index (χ3v) is 10.4. The first-order valence-corrected chi connectivity index (χ1v) is 23.0. The molecule has 0 saturated heterocycles. The van der Waals surface area contributed by atoms with E-state index in [0.717, 1.165) is 13.8 Å². The zero-order valence-corrected chi connectivity index (χ0v) is 40.0. The fraction of sp³-hybridized carbons (Fsp3) is 0.690. The highest BCUT2D eigenvalue weighted by Gasteiger charge is 2.36. The fourth-order valence-corrected chi connectivity index (χ4v) is 6.31. The highest BCUT2D eigenvalue weighted by Crippen LogP contribution is 2.08. The first kappa shape index (κ1) is 61.4. The average Bonchev–Trinajstić information content (AvgIpc) is 3.28. The van der Waals surface area contributed by atoms with E-state index >= 15 is 0 Å². The van der Waals surface area contributed by atoms with E-state index in [1.807, 2.05) is 0 Å². The Morgan fingerprint density at radius 2 is 1.24 bits per heavy atom. The third-order valence-electron chi connectivity index (χ3n) is 10.4. The number of alkyl carbamates (subject to hydrolysis) is 2. The number of ether oxygens (including phenoxy) is 2. The number of hydrogen-bond donors (Lipinski definition) is 15. The Kier molecular flexibility index (Phi) is 28.9. The molecule has 0 fully saturated rings. The van der Waals surface area contributed by atoms with Crippen LogP contribution in [0.1, 0.15) is 91.9 Å². The number of cyclic esters (lactones) is 2. The lowest BCUT2D eigenvalue weighted by Gasteiger charge is -2.28. The molecular weight excluding hydrogens is 927 g/mol. The monoisotopic (exact) mass is 1000 g/mol. The van der Waals surface area contributed by atoms with Crippen molar-refractivity contribution < 1.29 is 72.4 Å². The number of nitrogens with one attached hydrogen (secondary N) is 9. The Bertz CT molecular complexity index is 1820. The summed E-state index contributed by atoms with van der Waals surface area (Å²) in [6.07, 6.45) is -0.686. The molecule has 11 amide bonds. The van der Waals surface area contributed by atoms with Gasteiger partial charge in [0.15, 0.2) is 0 Å². The van der Waals surface area contributed by atoms with E-state index in [0.29, 0.717) is 19.4 Å². The molecule has 1 heterocycles. The standard InChI is InChI=1S/C42H73N13O15/c1-22(33(46)59)49-36(62)27-14-6-9-17-47-41(67)69-19-11-12-20-70-42(68)48-18-10-7-15-28(51-35(61)26(44)13-5-8-16-43)37(63)53-29(21-30(45)58)38(64)55-31(24(3)56)39(65)50-23(2)34(60)54-32(25(4)57)40(66)52-27/h11-12,22-29,31-32,56-57H,5-10,13-21,43-44H2,1-4H3,(H2,45,58)(H2,46,59)(H,47,67)(H,48,68)(H,49,62)(H,50,65)(H,51,61)(H,52,66)(H,53,63)(H,54,60)(H,55,64)/b12-11-/t22-,23-,24+,25+,26-,27-,28-,29-,31-,32-/m0/s1. The van der Waals surface area contributed by atoms with E-state index in [9.17, 15) is 63.0 Å². The fourth-order valence-electron chi connectivity index (χ4n) is 6.31. The molecule has 0 spiro atoms. The third kappa shape index (κ3) is 24.6. The Morgan fingerprint density at radius 3 is 1.76 bits per heavy atom. The minimum atomic E-state index is -1.84. The number of nitrogens with two attached hydrogens (primary N) is 4. The number of aliphatic hydroxyl groups is 2. The van der Waals surface area contributed by atoms with E-state index in [1.54, 1.807) is 0 Å². The second-order valence-corrected chi connectivity index (χ2v) is 16.6. The first-order valence-electron chi connectivity index (χ1n) is 23.0. The SMILES string of the molecule is C[C@H](NC(=O)[C@@H]1CCCCNC(=O)OC/C=C\COC(=O)NCCCC[C@H](NC(=O)[C@@H](N)CCCCN)C(=O)N[C@@H](CC(N)=O)C(=O)N[C@@H]([C@@H](C)O)C(=O)N[C@@H](C)C(=O)N[C@@H]([C@@H](C)O)C(=O)N1)C(N)=O. The zero-order chi connectivity index (χ0) is 52.9. The number of primary amides is 2. The van der Waals surface area contributed by atoms with Crippen molar-refractivity contribution >= 4 is 65.4 Å². The highest BCUT2D eigenvalue weighted by atomic mass is 16.6. The molecule has 396 valence electrons. The maximum atomic E-state index is 13.7. The van der Waals surface area contributed by atoms with Crippen molar-refractivity contribution in [1.82, 2.24) is 47.9 Å². The summed E-state index contributed by atoms with van der Waals surface area (Å²) in [6.45, 7) is 4.86. The molecule has 0 aromatic carbocycles. The van der Waals surface area contributed by atoms with Gasteiger partial charge in [-0.1, -0.05) is 6.42 Å². The van der Waals surface area contributed by atoms with Gasteiger partial charge in [0, 0.05) is 13.1 Å². The molecule has 1 rings (SSSR count). The van der Waals surface area contributed by atoms with Gasteiger partial charge in [-0.3, -0.25) is 43.2 Å². The van der Waals surface area contributed by atoms with E-state index < -0.39 is 132 Å². The molecule has 1 aliphatic heterocycles. The molecule has 0 aliphatic carbocycles. The van der Waals surface area contributed by atoms with Gasteiger partial charge in [0.1, 0.15) is 55.5 Å². The minimum Gasteiger partial charge on any atom is -0.445 e. The van der Waals surface area contributed by atoms with E-state index in [4.69, 9.17) is 32.4 Å². The Hall–Kier alpha value is -6.65. The Labute approximate surface area is 405 Å². The van der Waals surface area contributed by atoms with Gasteiger partial charge >= 0.3 is 12.2 Å². The molecule has 0 aromatic rings. The second-order valence-electron chi connectivity index (χ2n) is 16.6.